The highest BCUT2D eigenvalue weighted by atomic mass is 32.1. The minimum atomic E-state index is -1.22. The number of urea groups is 1. The van der Waals surface area contributed by atoms with Crippen LogP contribution in [0.1, 0.15) is 36.4 Å². The van der Waals surface area contributed by atoms with E-state index in [1.165, 1.54) is 0 Å². The number of imide groups is 1. The van der Waals surface area contributed by atoms with Crippen LogP contribution in [0.15, 0.2) is 66.7 Å². The van der Waals surface area contributed by atoms with Crippen molar-refractivity contribution in [3.8, 4) is 0 Å². The molecule has 0 bridgehead atoms. The monoisotopic (exact) mass is 484 g/mol. The number of para-hydroxylation sites is 1. The molecule has 3 aromatic carbocycles. The largest absolute Gasteiger partial charge is 0.332 e. The summed E-state index contributed by atoms with van der Waals surface area (Å²) in [5, 5.41) is 5.76. The number of carbonyl (C=O) groups is 3. The molecule has 0 aliphatic carbocycles. The van der Waals surface area contributed by atoms with E-state index in [1.807, 2.05) is 66.7 Å². The molecule has 0 spiro atoms. The highest BCUT2D eigenvalue weighted by molar-refractivity contribution is 7.18. The van der Waals surface area contributed by atoms with Crippen LogP contribution in [-0.2, 0) is 15.1 Å². The van der Waals surface area contributed by atoms with Crippen LogP contribution in [0.3, 0.4) is 0 Å². The maximum atomic E-state index is 13.5. The van der Waals surface area contributed by atoms with Gasteiger partial charge in [-0.05, 0) is 54.3 Å². The van der Waals surface area contributed by atoms with E-state index in [0.29, 0.717) is 12.1 Å². The molecule has 2 fully saturated rings. The van der Waals surface area contributed by atoms with Crippen molar-refractivity contribution in [2.45, 2.75) is 31.3 Å². The van der Waals surface area contributed by atoms with Gasteiger partial charge < -0.3 is 10.2 Å². The van der Waals surface area contributed by atoms with Gasteiger partial charge in [0, 0.05) is 6.54 Å². The summed E-state index contributed by atoms with van der Waals surface area (Å²) in [4.78, 5) is 47.2. The van der Waals surface area contributed by atoms with Gasteiger partial charge in [0.15, 0.2) is 0 Å². The second-order valence-corrected chi connectivity index (χ2v) is 10.3. The van der Waals surface area contributed by atoms with Crippen LogP contribution >= 0.6 is 11.3 Å². The maximum absolute atomic E-state index is 13.5. The van der Waals surface area contributed by atoms with Gasteiger partial charge in [-0.2, -0.15) is 0 Å². The van der Waals surface area contributed by atoms with E-state index in [1.54, 1.807) is 23.2 Å². The lowest BCUT2D eigenvalue weighted by atomic mass is 9.90. The van der Waals surface area contributed by atoms with Crippen molar-refractivity contribution in [1.82, 2.24) is 20.1 Å². The van der Waals surface area contributed by atoms with E-state index in [4.69, 9.17) is 4.98 Å². The number of carbonyl (C=O) groups excluding carboxylic acids is 3. The SMILES string of the molecule is C[C@]1(c2ccc3ccccc3c2)NC(=O)N(CC(=O)N2CCC[C@H]2c2nc3ccccc3s2)C1=O. The lowest BCUT2D eigenvalue weighted by Gasteiger charge is -2.26. The molecule has 8 heteroatoms. The summed E-state index contributed by atoms with van der Waals surface area (Å²) in [6, 6.07) is 20.8. The minimum absolute atomic E-state index is 0.132. The minimum Gasteiger partial charge on any atom is -0.332 e. The van der Waals surface area contributed by atoms with Crippen molar-refractivity contribution in [3.63, 3.8) is 0 Å². The topological polar surface area (TPSA) is 82.6 Å². The molecule has 2 aliphatic heterocycles. The number of hydrogen-bond donors (Lipinski definition) is 1. The molecular formula is C27H24N4O3S. The van der Waals surface area contributed by atoms with Crippen LogP contribution in [0.4, 0.5) is 4.79 Å². The number of rotatable bonds is 4. The second-order valence-electron chi connectivity index (χ2n) is 9.27. The first-order valence-corrected chi connectivity index (χ1v) is 12.5. The highest BCUT2D eigenvalue weighted by Gasteiger charge is 2.50. The molecule has 1 N–H and O–H groups in total. The first kappa shape index (κ1) is 21.7. The summed E-state index contributed by atoms with van der Waals surface area (Å²) >= 11 is 1.59. The average Bonchev–Trinajstić information content (AvgIpc) is 3.57. The van der Waals surface area contributed by atoms with Crippen LogP contribution in [-0.4, -0.2) is 45.7 Å². The zero-order valence-corrected chi connectivity index (χ0v) is 20.0. The number of nitrogens with one attached hydrogen (secondary N) is 1. The zero-order chi connectivity index (χ0) is 24.2. The number of hydrogen-bond acceptors (Lipinski definition) is 5. The third kappa shape index (κ3) is 3.56. The third-order valence-electron chi connectivity index (χ3n) is 7.06. The molecule has 0 unspecified atom stereocenters. The molecule has 6 rings (SSSR count). The van der Waals surface area contributed by atoms with Crippen LogP contribution in [0.2, 0.25) is 0 Å². The second kappa shape index (κ2) is 8.16. The van der Waals surface area contributed by atoms with E-state index < -0.39 is 17.5 Å². The van der Waals surface area contributed by atoms with Gasteiger partial charge in [-0.25, -0.2) is 9.78 Å². The Balaban J connectivity index is 1.23. The lowest BCUT2D eigenvalue weighted by Crippen LogP contribution is -2.44. The van der Waals surface area contributed by atoms with Crippen molar-refractivity contribution < 1.29 is 14.4 Å². The molecule has 2 aliphatic rings. The molecule has 4 amide bonds. The Morgan fingerprint density at radius 2 is 1.86 bits per heavy atom. The number of fused-ring (bicyclic) bond motifs is 2. The Labute approximate surface area is 206 Å². The van der Waals surface area contributed by atoms with E-state index in [2.05, 4.69) is 5.32 Å². The summed E-state index contributed by atoms with van der Waals surface area (Å²) in [6.07, 6.45) is 1.68. The Bertz CT molecular complexity index is 1470. The lowest BCUT2D eigenvalue weighted by molar-refractivity contribution is -0.139. The van der Waals surface area contributed by atoms with Crippen molar-refractivity contribution in [2.75, 3.05) is 13.1 Å². The number of thiazole rings is 1. The fourth-order valence-electron chi connectivity index (χ4n) is 5.12. The number of amides is 4. The van der Waals surface area contributed by atoms with Gasteiger partial charge in [0.25, 0.3) is 5.91 Å². The van der Waals surface area contributed by atoms with E-state index in [9.17, 15) is 14.4 Å². The van der Waals surface area contributed by atoms with Crippen molar-refractivity contribution in [1.29, 1.82) is 0 Å². The smallest absolute Gasteiger partial charge is 0.325 e. The van der Waals surface area contributed by atoms with Crippen LogP contribution in [0.5, 0.6) is 0 Å². The van der Waals surface area contributed by atoms with Crippen molar-refractivity contribution in [3.05, 3.63) is 77.3 Å². The van der Waals surface area contributed by atoms with E-state index >= 15 is 0 Å². The fourth-order valence-corrected chi connectivity index (χ4v) is 6.23. The molecule has 35 heavy (non-hydrogen) atoms. The molecular weight excluding hydrogens is 460 g/mol. The summed E-state index contributed by atoms with van der Waals surface area (Å²) in [5.74, 6) is -0.653. The molecule has 4 aromatic rings. The first-order chi connectivity index (χ1) is 16.9. The quantitative estimate of drug-likeness (QED) is 0.430. The van der Waals surface area contributed by atoms with Gasteiger partial charge in [-0.15, -0.1) is 11.3 Å². The number of aromatic nitrogens is 1. The van der Waals surface area contributed by atoms with Crippen molar-refractivity contribution >= 4 is 50.2 Å². The van der Waals surface area contributed by atoms with Gasteiger partial charge in [0.1, 0.15) is 17.1 Å². The van der Waals surface area contributed by atoms with Crippen LogP contribution < -0.4 is 5.32 Å². The normalized spacial score (nSPS) is 22.4. The summed E-state index contributed by atoms with van der Waals surface area (Å²) in [6.45, 7) is 2.00. The van der Waals surface area contributed by atoms with Gasteiger partial charge in [0.2, 0.25) is 5.91 Å². The van der Waals surface area contributed by atoms with Gasteiger partial charge in [-0.1, -0.05) is 48.5 Å². The third-order valence-corrected chi connectivity index (χ3v) is 8.20. The van der Waals surface area contributed by atoms with Gasteiger partial charge in [-0.3, -0.25) is 14.5 Å². The molecule has 0 radical (unpaired) electrons. The van der Waals surface area contributed by atoms with E-state index in [-0.39, 0.29) is 18.5 Å². The average molecular weight is 485 g/mol. The highest BCUT2D eigenvalue weighted by Crippen LogP contribution is 2.37. The molecule has 7 nitrogen and oxygen atoms in total. The number of likely N-dealkylation sites (tertiary alicyclic amines) is 1. The summed E-state index contributed by atoms with van der Waals surface area (Å²) in [5.41, 5.74) is 0.392. The first-order valence-electron chi connectivity index (χ1n) is 11.7. The maximum Gasteiger partial charge on any atom is 0.325 e. The Morgan fingerprint density at radius 1 is 1.09 bits per heavy atom. The molecule has 2 atom stereocenters. The summed E-state index contributed by atoms with van der Waals surface area (Å²) in [7, 11) is 0. The Hall–Kier alpha value is -3.78. The number of benzene rings is 3. The summed E-state index contributed by atoms with van der Waals surface area (Å²) < 4.78 is 1.09. The van der Waals surface area contributed by atoms with Crippen LogP contribution in [0, 0.1) is 0 Å². The van der Waals surface area contributed by atoms with Crippen molar-refractivity contribution in [2.24, 2.45) is 0 Å². The predicted molar refractivity (Wildman–Crippen MR) is 135 cm³/mol. The van der Waals surface area contributed by atoms with Crippen LogP contribution in [0.25, 0.3) is 21.0 Å². The molecule has 3 heterocycles. The van der Waals surface area contributed by atoms with Gasteiger partial charge in [0.05, 0.1) is 16.3 Å². The molecule has 1 aromatic heterocycles. The number of nitrogens with zero attached hydrogens (tertiary/aromatic N) is 3. The fraction of sp³-hybridized carbons (Fsp3) is 0.259. The molecule has 176 valence electrons. The standard InChI is InChI=1S/C27H24N4O3S/c1-27(19-13-12-17-7-2-3-8-18(17)15-19)25(33)31(26(34)29-27)16-23(32)30-14-6-10-21(30)24-28-20-9-4-5-11-22(20)35-24/h2-5,7-9,11-13,15,21H,6,10,14,16H2,1H3,(H,29,34)/t21-,27+/m0/s1. The zero-order valence-electron chi connectivity index (χ0n) is 19.2. The van der Waals surface area contributed by atoms with E-state index in [0.717, 1.165) is 43.7 Å². The Morgan fingerprint density at radius 3 is 2.69 bits per heavy atom. The predicted octanol–water partition coefficient (Wildman–Crippen LogP) is 4.58. The Kier molecular flexibility index (Phi) is 5.07. The van der Waals surface area contributed by atoms with Gasteiger partial charge >= 0.3 is 6.03 Å². The molecule has 0 saturated carbocycles. The molecule has 2 saturated heterocycles.